The van der Waals surface area contributed by atoms with E-state index >= 15 is 0 Å². The van der Waals surface area contributed by atoms with Gasteiger partial charge in [-0.15, -0.1) is 0 Å². The Hall–Kier alpha value is -0.170. The first-order valence-electron chi connectivity index (χ1n) is 3.54. The Morgan fingerprint density at radius 1 is 1.83 bits per heavy atom. The van der Waals surface area contributed by atoms with Crippen LogP contribution in [0.1, 0.15) is 6.92 Å². The van der Waals surface area contributed by atoms with Crippen LogP contribution < -0.4 is 5.73 Å². The van der Waals surface area contributed by atoms with Gasteiger partial charge >= 0.3 is 0 Å². The quantitative estimate of drug-likeness (QED) is 0.693. The van der Waals surface area contributed by atoms with Gasteiger partial charge in [-0.25, -0.2) is 4.98 Å². The van der Waals surface area contributed by atoms with E-state index in [9.17, 15) is 0 Å². The zero-order valence-corrected chi connectivity index (χ0v) is 8.31. The number of aliphatic hydroxyl groups excluding tert-OH is 1. The lowest BCUT2D eigenvalue weighted by Gasteiger charge is -2.14. The number of thioether (sulfide) groups is 1. The number of aromatic nitrogens is 2. The Morgan fingerprint density at radius 2 is 2.58 bits per heavy atom. The summed E-state index contributed by atoms with van der Waals surface area (Å²) in [6, 6.07) is -0.0381. The molecule has 1 aromatic rings. The largest absolute Gasteiger partial charge is 0.395 e. The highest BCUT2D eigenvalue weighted by molar-refractivity contribution is 8.01. The van der Waals surface area contributed by atoms with Gasteiger partial charge in [-0.3, -0.25) is 0 Å². The molecule has 3 N–H and O–H groups in total. The fourth-order valence-corrected chi connectivity index (χ4v) is 2.26. The topological polar surface area (TPSA) is 72.0 Å². The minimum absolute atomic E-state index is 0.0120. The van der Waals surface area contributed by atoms with Gasteiger partial charge in [0.2, 0.25) is 0 Å². The molecule has 2 atom stereocenters. The summed E-state index contributed by atoms with van der Waals surface area (Å²) in [5.41, 5.74) is 5.64. The van der Waals surface area contributed by atoms with Gasteiger partial charge in [0.1, 0.15) is 6.33 Å². The minimum atomic E-state index is -0.0381. The van der Waals surface area contributed by atoms with Crippen molar-refractivity contribution in [2.45, 2.75) is 22.6 Å². The second-order valence-corrected chi connectivity index (χ2v) is 4.67. The van der Waals surface area contributed by atoms with E-state index < -0.39 is 0 Å². The normalized spacial score (nSPS) is 15.9. The van der Waals surface area contributed by atoms with Gasteiger partial charge in [0.05, 0.1) is 6.61 Å². The molecular formula is C6H11N3OS2. The molecule has 1 heterocycles. The molecule has 12 heavy (non-hydrogen) atoms. The van der Waals surface area contributed by atoms with Crippen molar-refractivity contribution in [2.24, 2.45) is 5.73 Å². The molecule has 0 aromatic carbocycles. The predicted octanol–water partition coefficient (Wildman–Crippen LogP) is 0.338. The van der Waals surface area contributed by atoms with Crippen molar-refractivity contribution in [1.29, 1.82) is 0 Å². The maximum Gasteiger partial charge on any atom is 0.170 e. The number of nitrogens with two attached hydrogens (primary N) is 1. The van der Waals surface area contributed by atoms with Crippen LogP contribution in [0.5, 0.6) is 0 Å². The van der Waals surface area contributed by atoms with E-state index in [1.54, 1.807) is 0 Å². The second-order valence-electron chi connectivity index (χ2n) is 2.41. The van der Waals surface area contributed by atoms with Crippen molar-refractivity contribution < 1.29 is 5.11 Å². The molecule has 0 amide bonds. The molecule has 0 bridgehead atoms. The van der Waals surface area contributed by atoms with E-state index in [0.29, 0.717) is 0 Å². The molecule has 0 fully saturated rings. The predicted molar refractivity (Wildman–Crippen MR) is 50.3 cm³/mol. The SMILES string of the molecule is CC(N)C(CO)Sc1ncns1. The summed E-state index contributed by atoms with van der Waals surface area (Å²) in [6.45, 7) is 1.94. The van der Waals surface area contributed by atoms with Crippen molar-refractivity contribution in [3.8, 4) is 0 Å². The van der Waals surface area contributed by atoms with Gasteiger partial charge in [-0.05, 0) is 18.5 Å². The summed E-state index contributed by atoms with van der Waals surface area (Å²) in [5, 5.41) is 8.96. The van der Waals surface area contributed by atoms with Gasteiger partial charge < -0.3 is 10.8 Å². The third kappa shape index (κ3) is 2.71. The lowest BCUT2D eigenvalue weighted by Crippen LogP contribution is -2.31. The highest BCUT2D eigenvalue weighted by atomic mass is 32.2. The van der Waals surface area contributed by atoms with Crippen LogP contribution >= 0.6 is 23.3 Å². The molecule has 6 heteroatoms. The Labute approximate surface area is 79.4 Å². The molecule has 0 aliphatic heterocycles. The molecule has 0 saturated carbocycles. The number of nitrogens with zero attached hydrogens (tertiary/aromatic N) is 2. The first-order chi connectivity index (χ1) is 5.74. The first kappa shape index (κ1) is 9.91. The Balaban J connectivity index is 2.48. The molecule has 68 valence electrons. The maximum absolute atomic E-state index is 8.95. The van der Waals surface area contributed by atoms with Gasteiger partial charge in [0.25, 0.3) is 0 Å². The first-order valence-corrected chi connectivity index (χ1v) is 5.19. The van der Waals surface area contributed by atoms with E-state index in [1.807, 2.05) is 6.92 Å². The Kier molecular flexibility index (Phi) is 3.93. The van der Waals surface area contributed by atoms with E-state index in [2.05, 4.69) is 9.36 Å². The van der Waals surface area contributed by atoms with Crippen LogP contribution in [-0.4, -0.2) is 32.4 Å². The summed E-state index contributed by atoms with van der Waals surface area (Å²) < 4.78 is 4.71. The van der Waals surface area contributed by atoms with E-state index in [4.69, 9.17) is 10.8 Å². The van der Waals surface area contributed by atoms with Crippen LogP contribution in [0, 0.1) is 0 Å². The van der Waals surface area contributed by atoms with Crippen molar-refractivity contribution in [1.82, 2.24) is 9.36 Å². The van der Waals surface area contributed by atoms with E-state index in [1.165, 1.54) is 29.6 Å². The zero-order chi connectivity index (χ0) is 8.97. The Bertz CT molecular complexity index is 215. The van der Waals surface area contributed by atoms with Crippen molar-refractivity contribution in [2.75, 3.05) is 6.61 Å². The van der Waals surface area contributed by atoms with Gasteiger partial charge in [0, 0.05) is 11.3 Å². The molecule has 0 aliphatic carbocycles. The zero-order valence-electron chi connectivity index (χ0n) is 6.67. The molecule has 2 unspecified atom stereocenters. The van der Waals surface area contributed by atoms with Crippen molar-refractivity contribution in [3.63, 3.8) is 0 Å². The van der Waals surface area contributed by atoms with Gasteiger partial charge in [-0.1, -0.05) is 11.8 Å². The number of rotatable bonds is 4. The van der Waals surface area contributed by atoms with Crippen molar-refractivity contribution in [3.05, 3.63) is 6.33 Å². The molecule has 1 rings (SSSR count). The fraction of sp³-hybridized carbons (Fsp3) is 0.667. The fourth-order valence-electron chi connectivity index (χ4n) is 0.655. The van der Waals surface area contributed by atoms with Crippen LogP contribution in [0.4, 0.5) is 0 Å². The molecular weight excluding hydrogens is 194 g/mol. The average molecular weight is 205 g/mol. The van der Waals surface area contributed by atoms with E-state index in [-0.39, 0.29) is 17.9 Å². The number of hydrogen-bond acceptors (Lipinski definition) is 6. The third-order valence-corrected chi connectivity index (χ3v) is 3.52. The average Bonchev–Trinajstić information content (AvgIpc) is 2.51. The molecule has 4 nitrogen and oxygen atoms in total. The molecule has 0 radical (unpaired) electrons. The molecule has 0 spiro atoms. The minimum Gasteiger partial charge on any atom is -0.395 e. The molecule has 0 aliphatic rings. The van der Waals surface area contributed by atoms with Crippen LogP contribution in [0.2, 0.25) is 0 Å². The lowest BCUT2D eigenvalue weighted by molar-refractivity contribution is 0.285. The second kappa shape index (κ2) is 4.76. The van der Waals surface area contributed by atoms with E-state index in [0.717, 1.165) is 4.34 Å². The standard InChI is InChI=1S/C6H11N3OS2/c1-4(7)5(2-10)11-6-8-3-9-12-6/h3-5,10H,2,7H2,1H3. The van der Waals surface area contributed by atoms with Crippen LogP contribution in [0.3, 0.4) is 0 Å². The number of aliphatic hydroxyl groups is 1. The third-order valence-electron chi connectivity index (χ3n) is 1.36. The van der Waals surface area contributed by atoms with Gasteiger partial charge in [-0.2, -0.15) is 4.37 Å². The van der Waals surface area contributed by atoms with Crippen LogP contribution in [0.15, 0.2) is 10.7 Å². The summed E-state index contributed by atoms with van der Waals surface area (Å²) in [7, 11) is 0. The summed E-state index contributed by atoms with van der Waals surface area (Å²) in [5.74, 6) is 0. The maximum atomic E-state index is 8.95. The van der Waals surface area contributed by atoms with Crippen molar-refractivity contribution >= 4 is 23.3 Å². The molecule has 0 saturated heterocycles. The molecule has 1 aromatic heterocycles. The van der Waals surface area contributed by atoms with Crippen LogP contribution in [-0.2, 0) is 0 Å². The van der Waals surface area contributed by atoms with Gasteiger partial charge in [0.15, 0.2) is 4.34 Å². The van der Waals surface area contributed by atoms with Crippen LogP contribution in [0.25, 0.3) is 0 Å². The number of hydrogen-bond donors (Lipinski definition) is 2. The highest BCUT2D eigenvalue weighted by Crippen LogP contribution is 2.24. The highest BCUT2D eigenvalue weighted by Gasteiger charge is 2.15. The Morgan fingerprint density at radius 3 is 3.00 bits per heavy atom. The smallest absolute Gasteiger partial charge is 0.170 e. The monoisotopic (exact) mass is 205 g/mol. The summed E-state index contributed by atoms with van der Waals surface area (Å²) in [4.78, 5) is 3.99. The lowest BCUT2D eigenvalue weighted by atomic mass is 10.3. The summed E-state index contributed by atoms with van der Waals surface area (Å²) in [6.07, 6.45) is 1.50. The summed E-state index contributed by atoms with van der Waals surface area (Å²) >= 11 is 2.79.